The van der Waals surface area contributed by atoms with Crippen LogP contribution in [-0.2, 0) is 11.4 Å². The van der Waals surface area contributed by atoms with Gasteiger partial charge in [0.1, 0.15) is 23.9 Å². The summed E-state index contributed by atoms with van der Waals surface area (Å²) in [7, 11) is 0. The van der Waals surface area contributed by atoms with E-state index in [0.29, 0.717) is 33.6 Å². The van der Waals surface area contributed by atoms with Gasteiger partial charge in [-0.05, 0) is 48.5 Å². The van der Waals surface area contributed by atoms with Crippen molar-refractivity contribution in [3.05, 3.63) is 71.3 Å². The first-order chi connectivity index (χ1) is 11.7. The van der Waals surface area contributed by atoms with Crippen LogP contribution in [0.1, 0.15) is 11.5 Å². The van der Waals surface area contributed by atoms with Crippen LogP contribution in [0.25, 0.3) is 17.4 Å². The van der Waals surface area contributed by atoms with Gasteiger partial charge in [-0.2, -0.15) is 0 Å². The maximum atomic E-state index is 12.0. The molecular weight excluding hydrogens is 330 g/mol. The molecule has 0 aliphatic rings. The van der Waals surface area contributed by atoms with E-state index in [0.717, 1.165) is 0 Å². The van der Waals surface area contributed by atoms with Crippen molar-refractivity contribution in [2.45, 2.75) is 6.61 Å². The molecule has 24 heavy (non-hydrogen) atoms. The highest BCUT2D eigenvalue weighted by Gasteiger charge is 2.10. The molecule has 0 aliphatic heterocycles. The van der Waals surface area contributed by atoms with Crippen molar-refractivity contribution in [1.29, 1.82) is 0 Å². The Labute approximate surface area is 143 Å². The van der Waals surface area contributed by atoms with Gasteiger partial charge >= 0.3 is 0 Å². The second-order valence-electron chi connectivity index (χ2n) is 4.96. The van der Waals surface area contributed by atoms with Crippen LogP contribution < -0.4 is 5.32 Å². The van der Waals surface area contributed by atoms with E-state index in [4.69, 9.17) is 25.5 Å². The monoisotopic (exact) mass is 343 g/mol. The first-order valence-corrected chi connectivity index (χ1v) is 7.55. The number of amides is 1. The smallest absolute Gasteiger partial charge is 0.248 e. The Kier molecular flexibility index (Phi) is 4.84. The summed E-state index contributed by atoms with van der Waals surface area (Å²) in [5.74, 6) is 1.26. The molecule has 2 heterocycles. The van der Waals surface area contributed by atoms with Crippen molar-refractivity contribution in [1.82, 2.24) is 0 Å². The van der Waals surface area contributed by atoms with Crippen molar-refractivity contribution in [3.63, 3.8) is 0 Å². The fourth-order valence-corrected chi connectivity index (χ4v) is 2.34. The zero-order valence-corrected chi connectivity index (χ0v) is 13.3. The summed E-state index contributed by atoms with van der Waals surface area (Å²) in [5, 5.41) is 12.3. The summed E-state index contributed by atoms with van der Waals surface area (Å²) in [5.41, 5.74) is 1.20. The molecule has 3 aromatic rings. The number of hydrogen-bond donors (Lipinski definition) is 2. The first-order valence-electron chi connectivity index (χ1n) is 7.18. The van der Waals surface area contributed by atoms with Crippen molar-refractivity contribution >= 4 is 29.3 Å². The van der Waals surface area contributed by atoms with E-state index in [-0.39, 0.29) is 12.5 Å². The average molecular weight is 344 g/mol. The van der Waals surface area contributed by atoms with Gasteiger partial charge in [0.25, 0.3) is 0 Å². The lowest BCUT2D eigenvalue weighted by Crippen LogP contribution is -2.07. The van der Waals surface area contributed by atoms with E-state index in [1.54, 1.807) is 48.5 Å². The molecule has 0 saturated heterocycles. The number of carbonyl (C=O) groups is 1. The zero-order chi connectivity index (χ0) is 16.9. The van der Waals surface area contributed by atoms with E-state index in [2.05, 4.69) is 5.32 Å². The Hall–Kier alpha value is -2.76. The van der Waals surface area contributed by atoms with Gasteiger partial charge in [-0.3, -0.25) is 4.79 Å². The standard InChI is InChI=1S/C18H14ClNO4/c19-16-6-3-12(10-15(16)17-7-4-14(11-21)24-17)20-18(22)8-5-13-2-1-9-23-13/h1-10,21H,11H2,(H,20,22)/b8-5+. The molecular formula is C18H14ClNO4. The van der Waals surface area contributed by atoms with Crippen LogP contribution in [0.5, 0.6) is 0 Å². The number of halogens is 1. The maximum absolute atomic E-state index is 12.0. The summed E-state index contributed by atoms with van der Waals surface area (Å²) in [6.45, 7) is -0.189. The van der Waals surface area contributed by atoms with E-state index < -0.39 is 0 Å². The molecule has 0 bridgehead atoms. The summed E-state index contributed by atoms with van der Waals surface area (Å²) in [4.78, 5) is 12.0. The average Bonchev–Trinajstić information content (AvgIpc) is 3.26. The third-order valence-corrected chi connectivity index (χ3v) is 3.59. The number of aliphatic hydroxyl groups excluding tert-OH is 1. The molecule has 0 spiro atoms. The number of anilines is 1. The molecule has 0 saturated carbocycles. The third kappa shape index (κ3) is 3.76. The predicted molar refractivity (Wildman–Crippen MR) is 91.4 cm³/mol. The fourth-order valence-electron chi connectivity index (χ4n) is 2.13. The first kappa shape index (κ1) is 16.1. The van der Waals surface area contributed by atoms with Gasteiger partial charge in [0.05, 0.1) is 11.3 Å². The van der Waals surface area contributed by atoms with Crippen LogP contribution in [0, 0.1) is 0 Å². The van der Waals surface area contributed by atoms with Crippen molar-refractivity contribution in [3.8, 4) is 11.3 Å². The molecule has 0 radical (unpaired) electrons. The number of hydrogen-bond acceptors (Lipinski definition) is 4. The molecule has 1 aromatic carbocycles. The van der Waals surface area contributed by atoms with E-state index in [1.807, 2.05) is 0 Å². The summed E-state index contributed by atoms with van der Waals surface area (Å²) < 4.78 is 10.6. The minimum Gasteiger partial charge on any atom is -0.465 e. The molecule has 0 aliphatic carbocycles. The number of aliphatic hydroxyl groups is 1. The molecule has 6 heteroatoms. The topological polar surface area (TPSA) is 75.6 Å². The SMILES string of the molecule is O=C(/C=C/c1ccco1)Nc1ccc(Cl)c(-c2ccc(CO)o2)c1. The van der Waals surface area contributed by atoms with E-state index in [9.17, 15) is 4.79 Å². The minimum absolute atomic E-state index is 0.189. The molecule has 1 amide bonds. The minimum atomic E-state index is -0.296. The molecule has 3 rings (SSSR count). The zero-order valence-electron chi connectivity index (χ0n) is 12.5. The lowest BCUT2D eigenvalue weighted by Gasteiger charge is -2.06. The van der Waals surface area contributed by atoms with E-state index >= 15 is 0 Å². The van der Waals surface area contributed by atoms with Gasteiger partial charge in [-0.25, -0.2) is 0 Å². The van der Waals surface area contributed by atoms with Gasteiger partial charge in [0.15, 0.2) is 0 Å². The van der Waals surface area contributed by atoms with Crippen LogP contribution in [0.4, 0.5) is 5.69 Å². The molecule has 0 fully saturated rings. The Morgan fingerprint density at radius 1 is 1.25 bits per heavy atom. The van der Waals surface area contributed by atoms with Gasteiger partial charge < -0.3 is 19.3 Å². The van der Waals surface area contributed by atoms with Gasteiger partial charge in [-0.1, -0.05) is 11.6 Å². The lowest BCUT2D eigenvalue weighted by atomic mass is 10.1. The molecule has 5 nitrogen and oxygen atoms in total. The van der Waals surface area contributed by atoms with Gasteiger partial charge in [-0.15, -0.1) is 0 Å². The number of nitrogens with one attached hydrogen (secondary N) is 1. The molecule has 2 aromatic heterocycles. The number of furan rings is 2. The number of benzene rings is 1. The highest BCUT2D eigenvalue weighted by molar-refractivity contribution is 6.33. The summed E-state index contributed by atoms with van der Waals surface area (Å²) >= 11 is 6.19. The Bertz CT molecular complexity index is 865. The largest absolute Gasteiger partial charge is 0.465 e. The molecule has 0 atom stereocenters. The van der Waals surface area contributed by atoms with Crippen LogP contribution in [-0.4, -0.2) is 11.0 Å². The highest BCUT2D eigenvalue weighted by Crippen LogP contribution is 2.32. The molecule has 122 valence electrons. The van der Waals surface area contributed by atoms with Crippen molar-refractivity contribution in [2.24, 2.45) is 0 Å². The lowest BCUT2D eigenvalue weighted by molar-refractivity contribution is -0.111. The number of carbonyl (C=O) groups excluding carboxylic acids is 1. The molecule has 2 N–H and O–H groups in total. The van der Waals surface area contributed by atoms with Crippen LogP contribution >= 0.6 is 11.6 Å². The second kappa shape index (κ2) is 7.21. The summed E-state index contributed by atoms with van der Waals surface area (Å²) in [6.07, 6.45) is 4.49. The van der Waals surface area contributed by atoms with Crippen molar-refractivity contribution in [2.75, 3.05) is 5.32 Å². The quantitative estimate of drug-likeness (QED) is 0.676. The van der Waals surface area contributed by atoms with Crippen LogP contribution in [0.2, 0.25) is 5.02 Å². The van der Waals surface area contributed by atoms with Crippen LogP contribution in [0.15, 0.2) is 63.6 Å². The second-order valence-corrected chi connectivity index (χ2v) is 5.36. The van der Waals surface area contributed by atoms with Gasteiger partial charge in [0.2, 0.25) is 5.91 Å². The van der Waals surface area contributed by atoms with Gasteiger partial charge in [0, 0.05) is 17.3 Å². The van der Waals surface area contributed by atoms with E-state index in [1.165, 1.54) is 12.3 Å². The summed E-state index contributed by atoms with van der Waals surface area (Å²) in [6, 6.07) is 12.0. The number of rotatable bonds is 5. The third-order valence-electron chi connectivity index (χ3n) is 3.26. The Morgan fingerprint density at radius 2 is 2.12 bits per heavy atom. The Balaban J connectivity index is 1.77. The fraction of sp³-hybridized carbons (Fsp3) is 0.0556. The van der Waals surface area contributed by atoms with Crippen molar-refractivity contribution < 1.29 is 18.7 Å². The van der Waals surface area contributed by atoms with Crippen LogP contribution in [0.3, 0.4) is 0 Å². The Morgan fingerprint density at radius 3 is 2.83 bits per heavy atom. The highest BCUT2D eigenvalue weighted by atomic mass is 35.5. The maximum Gasteiger partial charge on any atom is 0.248 e. The predicted octanol–water partition coefficient (Wildman–Crippen LogP) is 4.34. The molecule has 0 unspecified atom stereocenters. The normalized spacial score (nSPS) is 11.1.